The molecule has 1 fully saturated rings. The summed E-state index contributed by atoms with van der Waals surface area (Å²) in [5, 5.41) is 3.36. The molecule has 1 aromatic carbocycles. The van der Waals surface area contributed by atoms with Gasteiger partial charge in [0.2, 0.25) is 0 Å². The van der Waals surface area contributed by atoms with Crippen LogP contribution >= 0.6 is 15.9 Å². The van der Waals surface area contributed by atoms with E-state index in [9.17, 15) is 0 Å². The second kappa shape index (κ2) is 7.12. The molecule has 0 amide bonds. The summed E-state index contributed by atoms with van der Waals surface area (Å²) in [6.07, 6.45) is 2.78. The van der Waals surface area contributed by atoms with Crippen LogP contribution in [0.15, 0.2) is 22.7 Å². The molecule has 0 bridgehead atoms. The van der Waals surface area contributed by atoms with Crippen LogP contribution in [0.1, 0.15) is 18.4 Å². The van der Waals surface area contributed by atoms with Crippen LogP contribution in [0, 0.1) is 6.92 Å². The van der Waals surface area contributed by atoms with Crippen LogP contribution < -0.4 is 10.1 Å². The molecule has 1 aliphatic heterocycles. The van der Waals surface area contributed by atoms with Gasteiger partial charge in [0.05, 0.1) is 6.10 Å². The Kier molecular flexibility index (Phi) is 5.47. The maximum Gasteiger partial charge on any atom is 0.119 e. The number of halogens is 1. The van der Waals surface area contributed by atoms with E-state index in [2.05, 4.69) is 28.2 Å². The van der Waals surface area contributed by atoms with Crippen LogP contribution in [-0.4, -0.2) is 32.4 Å². The number of ether oxygens (including phenoxy) is 2. The van der Waals surface area contributed by atoms with E-state index in [1.165, 1.54) is 18.4 Å². The van der Waals surface area contributed by atoms with E-state index < -0.39 is 0 Å². The van der Waals surface area contributed by atoms with Crippen LogP contribution in [0.4, 0.5) is 0 Å². The highest BCUT2D eigenvalue weighted by Crippen LogP contribution is 2.21. The number of hydrogen-bond donors (Lipinski definition) is 1. The lowest BCUT2D eigenvalue weighted by Gasteiger charge is -2.11. The molecule has 4 heteroatoms. The lowest BCUT2D eigenvalue weighted by molar-refractivity contribution is 0.109. The summed E-state index contributed by atoms with van der Waals surface area (Å²) in [4.78, 5) is 0. The van der Waals surface area contributed by atoms with Crippen LogP contribution in [0.25, 0.3) is 0 Å². The third-order valence-corrected chi connectivity index (χ3v) is 3.96. The molecular formula is C14H20BrNO2. The van der Waals surface area contributed by atoms with Crippen molar-refractivity contribution < 1.29 is 9.47 Å². The fourth-order valence-electron chi connectivity index (χ4n) is 2.02. The predicted molar refractivity (Wildman–Crippen MR) is 76.2 cm³/mol. The van der Waals surface area contributed by atoms with Gasteiger partial charge in [-0.1, -0.05) is 15.9 Å². The standard InChI is InChI=1S/C14H20BrNO2/c1-11-9-12(4-5-14(11)15)18-8-6-16-10-13-3-2-7-17-13/h4-5,9,13,16H,2-3,6-8,10H2,1H3. The molecular weight excluding hydrogens is 294 g/mol. The van der Waals surface area contributed by atoms with Crippen LogP contribution in [-0.2, 0) is 4.74 Å². The fourth-order valence-corrected chi connectivity index (χ4v) is 2.26. The Hall–Kier alpha value is -0.580. The Morgan fingerprint density at radius 3 is 3.11 bits per heavy atom. The van der Waals surface area contributed by atoms with E-state index in [0.29, 0.717) is 12.7 Å². The summed E-state index contributed by atoms with van der Waals surface area (Å²) >= 11 is 3.48. The topological polar surface area (TPSA) is 30.5 Å². The van der Waals surface area contributed by atoms with Gasteiger partial charge < -0.3 is 14.8 Å². The van der Waals surface area contributed by atoms with Crippen molar-refractivity contribution in [3.8, 4) is 5.75 Å². The van der Waals surface area contributed by atoms with Gasteiger partial charge in [0.25, 0.3) is 0 Å². The highest BCUT2D eigenvalue weighted by Gasteiger charge is 2.14. The van der Waals surface area contributed by atoms with Gasteiger partial charge in [-0.3, -0.25) is 0 Å². The summed E-state index contributed by atoms with van der Waals surface area (Å²) in [6, 6.07) is 6.05. The van der Waals surface area contributed by atoms with Gasteiger partial charge >= 0.3 is 0 Å². The van der Waals surface area contributed by atoms with Crippen molar-refractivity contribution in [1.82, 2.24) is 5.32 Å². The van der Waals surface area contributed by atoms with Gasteiger partial charge in [-0.25, -0.2) is 0 Å². The summed E-state index contributed by atoms with van der Waals surface area (Å²) in [6.45, 7) is 5.46. The number of rotatable bonds is 6. The molecule has 1 saturated heterocycles. The second-order valence-electron chi connectivity index (χ2n) is 4.60. The molecule has 0 saturated carbocycles. The lowest BCUT2D eigenvalue weighted by Crippen LogP contribution is -2.29. The third kappa shape index (κ3) is 4.26. The number of benzene rings is 1. The highest BCUT2D eigenvalue weighted by atomic mass is 79.9. The zero-order chi connectivity index (χ0) is 12.8. The average molecular weight is 314 g/mol. The van der Waals surface area contributed by atoms with E-state index in [-0.39, 0.29) is 0 Å². The van der Waals surface area contributed by atoms with Gasteiger partial charge in [-0.2, -0.15) is 0 Å². The molecule has 0 radical (unpaired) electrons. The largest absolute Gasteiger partial charge is 0.492 e. The first kappa shape index (κ1) is 13.8. The summed E-state index contributed by atoms with van der Waals surface area (Å²) in [5.41, 5.74) is 1.19. The van der Waals surface area contributed by atoms with Crippen LogP contribution in [0.2, 0.25) is 0 Å². The molecule has 1 unspecified atom stereocenters. The molecule has 2 rings (SSSR count). The molecule has 0 spiro atoms. The molecule has 1 N–H and O–H groups in total. The minimum Gasteiger partial charge on any atom is -0.492 e. The molecule has 0 aromatic heterocycles. The van der Waals surface area contributed by atoms with E-state index in [0.717, 1.165) is 29.9 Å². The Morgan fingerprint density at radius 2 is 2.39 bits per heavy atom. The first-order valence-corrected chi connectivity index (χ1v) is 7.26. The SMILES string of the molecule is Cc1cc(OCCNCC2CCCO2)ccc1Br. The molecule has 1 aliphatic rings. The van der Waals surface area contributed by atoms with Crippen molar-refractivity contribution in [2.75, 3.05) is 26.3 Å². The molecule has 3 nitrogen and oxygen atoms in total. The Labute approximate surface area is 117 Å². The predicted octanol–water partition coefficient (Wildman–Crippen LogP) is 2.90. The van der Waals surface area contributed by atoms with E-state index in [4.69, 9.17) is 9.47 Å². The van der Waals surface area contributed by atoms with Gasteiger partial charge in [-0.05, 0) is 43.5 Å². The van der Waals surface area contributed by atoms with Gasteiger partial charge in [0.1, 0.15) is 12.4 Å². The van der Waals surface area contributed by atoms with Crippen molar-refractivity contribution in [2.45, 2.75) is 25.9 Å². The van der Waals surface area contributed by atoms with Crippen molar-refractivity contribution in [2.24, 2.45) is 0 Å². The molecule has 1 heterocycles. The molecule has 1 aromatic rings. The number of aryl methyl sites for hydroxylation is 1. The Balaban J connectivity index is 1.61. The maximum absolute atomic E-state index is 5.68. The van der Waals surface area contributed by atoms with Crippen molar-refractivity contribution in [3.63, 3.8) is 0 Å². The zero-order valence-corrected chi connectivity index (χ0v) is 12.3. The van der Waals surface area contributed by atoms with Gasteiger partial charge in [0.15, 0.2) is 0 Å². The Morgan fingerprint density at radius 1 is 1.50 bits per heavy atom. The van der Waals surface area contributed by atoms with Crippen LogP contribution in [0.5, 0.6) is 5.75 Å². The Bertz CT molecular complexity index is 378. The van der Waals surface area contributed by atoms with Crippen LogP contribution in [0.3, 0.4) is 0 Å². The molecule has 18 heavy (non-hydrogen) atoms. The molecule has 1 atom stereocenters. The highest BCUT2D eigenvalue weighted by molar-refractivity contribution is 9.10. The van der Waals surface area contributed by atoms with Crippen molar-refractivity contribution >= 4 is 15.9 Å². The maximum atomic E-state index is 5.68. The quantitative estimate of drug-likeness (QED) is 0.819. The van der Waals surface area contributed by atoms with E-state index >= 15 is 0 Å². The average Bonchev–Trinajstić information content (AvgIpc) is 2.86. The van der Waals surface area contributed by atoms with E-state index in [1.54, 1.807) is 0 Å². The number of nitrogens with one attached hydrogen (secondary N) is 1. The fraction of sp³-hybridized carbons (Fsp3) is 0.571. The zero-order valence-electron chi connectivity index (χ0n) is 10.7. The normalized spacial score (nSPS) is 19.1. The summed E-state index contributed by atoms with van der Waals surface area (Å²) < 4.78 is 12.3. The molecule has 100 valence electrons. The first-order chi connectivity index (χ1) is 8.75. The van der Waals surface area contributed by atoms with Crippen molar-refractivity contribution in [1.29, 1.82) is 0 Å². The van der Waals surface area contributed by atoms with Gasteiger partial charge in [0, 0.05) is 24.2 Å². The van der Waals surface area contributed by atoms with Crippen molar-refractivity contribution in [3.05, 3.63) is 28.2 Å². The van der Waals surface area contributed by atoms with Gasteiger partial charge in [-0.15, -0.1) is 0 Å². The molecule has 0 aliphatic carbocycles. The van der Waals surface area contributed by atoms with E-state index in [1.807, 2.05) is 18.2 Å². The first-order valence-electron chi connectivity index (χ1n) is 6.47. The lowest BCUT2D eigenvalue weighted by atomic mass is 10.2. The monoisotopic (exact) mass is 313 g/mol. The smallest absolute Gasteiger partial charge is 0.119 e. The summed E-state index contributed by atoms with van der Waals surface area (Å²) in [7, 11) is 0. The summed E-state index contributed by atoms with van der Waals surface area (Å²) in [5.74, 6) is 0.926. The number of hydrogen-bond acceptors (Lipinski definition) is 3. The third-order valence-electron chi connectivity index (χ3n) is 3.07. The minimum absolute atomic E-state index is 0.403. The second-order valence-corrected chi connectivity index (χ2v) is 5.45. The minimum atomic E-state index is 0.403.